The molecule has 4 heteroatoms. The average molecular weight is 228 g/mol. The molecule has 0 atom stereocenters. The lowest BCUT2D eigenvalue weighted by Gasteiger charge is -2.19. The monoisotopic (exact) mass is 227 g/mol. The highest BCUT2D eigenvalue weighted by molar-refractivity contribution is 6.29. The minimum absolute atomic E-state index is 0.551. The van der Waals surface area contributed by atoms with Crippen molar-refractivity contribution in [2.75, 3.05) is 34.2 Å². The van der Waals surface area contributed by atoms with E-state index in [-0.39, 0.29) is 0 Å². The molecule has 84 valence electrons. The Bertz CT molecular complexity index is 284. The Balaban J connectivity index is 2.37. The van der Waals surface area contributed by atoms with Crippen LogP contribution in [0.1, 0.15) is 5.56 Å². The molecule has 0 aliphatic rings. The predicted octanol–water partition coefficient (Wildman–Crippen LogP) is 1.73. The molecule has 1 rings (SSSR count). The first-order chi connectivity index (χ1) is 7.08. The summed E-state index contributed by atoms with van der Waals surface area (Å²) < 4.78 is 0. The van der Waals surface area contributed by atoms with Gasteiger partial charge in [0.05, 0.1) is 0 Å². The molecule has 1 aromatic rings. The van der Waals surface area contributed by atoms with Gasteiger partial charge in [0.15, 0.2) is 0 Å². The van der Waals surface area contributed by atoms with E-state index in [1.54, 1.807) is 0 Å². The van der Waals surface area contributed by atoms with Crippen LogP contribution in [0.25, 0.3) is 0 Å². The molecule has 1 aromatic heterocycles. The van der Waals surface area contributed by atoms with E-state index < -0.39 is 0 Å². The van der Waals surface area contributed by atoms with Crippen molar-refractivity contribution in [1.29, 1.82) is 0 Å². The Labute approximate surface area is 96.7 Å². The zero-order valence-electron chi connectivity index (χ0n) is 9.57. The Morgan fingerprint density at radius 3 is 2.47 bits per heavy atom. The zero-order chi connectivity index (χ0) is 11.3. The van der Waals surface area contributed by atoms with E-state index in [9.17, 15) is 0 Å². The number of pyridine rings is 1. The maximum absolute atomic E-state index is 5.72. The van der Waals surface area contributed by atoms with Crippen molar-refractivity contribution in [3.63, 3.8) is 0 Å². The van der Waals surface area contributed by atoms with E-state index >= 15 is 0 Å². The molecule has 1 heterocycles. The summed E-state index contributed by atoms with van der Waals surface area (Å²) in [5.74, 6) is 0. The molecule has 0 amide bonds. The number of aromatic nitrogens is 1. The number of hydrogen-bond donors (Lipinski definition) is 0. The first kappa shape index (κ1) is 12.4. The van der Waals surface area contributed by atoms with Crippen LogP contribution in [0.15, 0.2) is 18.3 Å². The molecule has 0 aromatic carbocycles. The third-order valence-electron chi connectivity index (χ3n) is 2.17. The highest BCUT2D eigenvalue weighted by atomic mass is 35.5. The van der Waals surface area contributed by atoms with Crippen LogP contribution in [0.3, 0.4) is 0 Å². The van der Waals surface area contributed by atoms with Gasteiger partial charge in [0.2, 0.25) is 0 Å². The van der Waals surface area contributed by atoms with Crippen molar-refractivity contribution < 1.29 is 0 Å². The van der Waals surface area contributed by atoms with Crippen LogP contribution in [0.5, 0.6) is 0 Å². The summed E-state index contributed by atoms with van der Waals surface area (Å²) >= 11 is 5.72. The fourth-order valence-corrected chi connectivity index (χ4v) is 1.37. The number of rotatable bonds is 5. The van der Waals surface area contributed by atoms with Gasteiger partial charge < -0.3 is 9.80 Å². The molecule has 3 nitrogen and oxygen atoms in total. The zero-order valence-corrected chi connectivity index (χ0v) is 10.3. The van der Waals surface area contributed by atoms with Gasteiger partial charge in [0.1, 0.15) is 5.15 Å². The largest absolute Gasteiger partial charge is 0.308 e. The smallest absolute Gasteiger partial charge is 0.129 e. The average Bonchev–Trinajstić information content (AvgIpc) is 2.19. The fourth-order valence-electron chi connectivity index (χ4n) is 1.26. The van der Waals surface area contributed by atoms with Crippen LogP contribution in [0, 0.1) is 0 Å². The van der Waals surface area contributed by atoms with Gasteiger partial charge in [-0.05, 0) is 32.8 Å². The van der Waals surface area contributed by atoms with E-state index in [4.69, 9.17) is 11.6 Å². The Kier molecular flexibility index (Phi) is 5.02. The lowest BCUT2D eigenvalue weighted by atomic mass is 10.3. The van der Waals surface area contributed by atoms with Crippen LogP contribution in [0.4, 0.5) is 0 Å². The Hall–Kier alpha value is -0.640. The van der Waals surface area contributed by atoms with E-state index in [0.717, 1.165) is 19.6 Å². The van der Waals surface area contributed by atoms with Crippen molar-refractivity contribution in [3.8, 4) is 0 Å². The van der Waals surface area contributed by atoms with E-state index in [0.29, 0.717) is 5.15 Å². The third-order valence-corrected chi connectivity index (χ3v) is 2.39. The molecule has 0 unspecified atom stereocenters. The number of hydrogen-bond acceptors (Lipinski definition) is 3. The summed E-state index contributed by atoms with van der Waals surface area (Å²) in [7, 11) is 6.27. The molecule has 0 radical (unpaired) electrons. The minimum Gasteiger partial charge on any atom is -0.308 e. The highest BCUT2D eigenvalue weighted by Gasteiger charge is 2.01. The molecular formula is C11H18ClN3. The minimum atomic E-state index is 0.551. The second-order valence-corrected chi connectivity index (χ2v) is 4.42. The SMILES string of the molecule is CN(C)CCN(C)Cc1ccc(Cl)nc1. The van der Waals surface area contributed by atoms with Gasteiger partial charge in [0.25, 0.3) is 0 Å². The third kappa shape index (κ3) is 5.11. The second kappa shape index (κ2) is 6.05. The van der Waals surface area contributed by atoms with Crippen molar-refractivity contribution in [3.05, 3.63) is 29.0 Å². The van der Waals surface area contributed by atoms with Crippen molar-refractivity contribution in [2.24, 2.45) is 0 Å². The van der Waals surface area contributed by atoms with Gasteiger partial charge in [0, 0.05) is 25.8 Å². The highest BCUT2D eigenvalue weighted by Crippen LogP contribution is 2.06. The summed E-state index contributed by atoms with van der Waals surface area (Å²) in [4.78, 5) is 8.50. The lowest BCUT2D eigenvalue weighted by molar-refractivity contribution is 0.276. The molecule has 0 bridgehead atoms. The molecule has 0 N–H and O–H groups in total. The van der Waals surface area contributed by atoms with Crippen LogP contribution in [-0.4, -0.2) is 49.0 Å². The van der Waals surface area contributed by atoms with Crippen molar-refractivity contribution >= 4 is 11.6 Å². The fraction of sp³-hybridized carbons (Fsp3) is 0.545. The van der Waals surface area contributed by atoms with Crippen LogP contribution in [-0.2, 0) is 6.54 Å². The molecular weight excluding hydrogens is 210 g/mol. The molecule has 0 saturated carbocycles. The van der Waals surface area contributed by atoms with Gasteiger partial charge in [-0.2, -0.15) is 0 Å². The van der Waals surface area contributed by atoms with E-state index in [2.05, 4.69) is 35.9 Å². The van der Waals surface area contributed by atoms with Crippen LogP contribution < -0.4 is 0 Å². The van der Waals surface area contributed by atoms with Crippen LogP contribution >= 0.6 is 11.6 Å². The van der Waals surface area contributed by atoms with Crippen LogP contribution in [0.2, 0.25) is 5.15 Å². The van der Waals surface area contributed by atoms with Gasteiger partial charge in [-0.25, -0.2) is 4.98 Å². The topological polar surface area (TPSA) is 19.4 Å². The Morgan fingerprint density at radius 2 is 1.93 bits per heavy atom. The summed E-state index contributed by atoms with van der Waals surface area (Å²) in [6.07, 6.45) is 1.83. The van der Waals surface area contributed by atoms with Crippen molar-refractivity contribution in [2.45, 2.75) is 6.54 Å². The maximum atomic E-state index is 5.72. The normalized spacial score (nSPS) is 11.3. The number of likely N-dealkylation sites (N-methyl/N-ethyl adjacent to an activating group) is 2. The first-order valence-electron chi connectivity index (χ1n) is 5.01. The van der Waals surface area contributed by atoms with Crippen molar-refractivity contribution in [1.82, 2.24) is 14.8 Å². The predicted molar refractivity (Wildman–Crippen MR) is 64.1 cm³/mol. The molecule has 0 aliphatic heterocycles. The van der Waals surface area contributed by atoms with E-state index in [1.165, 1.54) is 5.56 Å². The van der Waals surface area contributed by atoms with Gasteiger partial charge >= 0.3 is 0 Å². The Morgan fingerprint density at radius 1 is 1.20 bits per heavy atom. The maximum Gasteiger partial charge on any atom is 0.129 e. The molecule has 0 spiro atoms. The van der Waals surface area contributed by atoms with Gasteiger partial charge in [-0.15, -0.1) is 0 Å². The summed E-state index contributed by atoms with van der Waals surface area (Å²) in [6.45, 7) is 3.03. The molecule has 15 heavy (non-hydrogen) atoms. The van der Waals surface area contributed by atoms with Gasteiger partial charge in [-0.3, -0.25) is 0 Å². The summed E-state index contributed by atoms with van der Waals surface area (Å²) in [5, 5.41) is 0.551. The number of halogens is 1. The summed E-state index contributed by atoms with van der Waals surface area (Å²) in [6, 6.07) is 3.85. The number of nitrogens with zero attached hydrogens (tertiary/aromatic N) is 3. The molecule has 0 saturated heterocycles. The molecule has 0 aliphatic carbocycles. The summed E-state index contributed by atoms with van der Waals surface area (Å²) in [5.41, 5.74) is 1.20. The van der Waals surface area contributed by atoms with Gasteiger partial charge in [-0.1, -0.05) is 17.7 Å². The quantitative estimate of drug-likeness (QED) is 0.715. The standard InChI is InChI=1S/C11H18ClN3/c1-14(2)6-7-15(3)9-10-4-5-11(12)13-8-10/h4-5,8H,6-7,9H2,1-3H3. The first-order valence-corrected chi connectivity index (χ1v) is 5.39. The second-order valence-electron chi connectivity index (χ2n) is 4.03. The van der Waals surface area contributed by atoms with E-state index in [1.807, 2.05) is 18.3 Å². The lowest BCUT2D eigenvalue weighted by Crippen LogP contribution is -2.28. The molecule has 0 fully saturated rings.